The van der Waals surface area contributed by atoms with Gasteiger partial charge in [-0.15, -0.1) is 0 Å². The molecule has 0 radical (unpaired) electrons. The summed E-state index contributed by atoms with van der Waals surface area (Å²) < 4.78 is 0. The van der Waals surface area contributed by atoms with Gasteiger partial charge in [-0.3, -0.25) is 9.69 Å². The first-order chi connectivity index (χ1) is 13.0. The molecule has 0 bridgehead atoms. The van der Waals surface area contributed by atoms with Crippen LogP contribution in [0.5, 0.6) is 11.5 Å². The minimum Gasteiger partial charge on any atom is -0.508 e. The lowest BCUT2D eigenvalue weighted by Gasteiger charge is -2.28. The smallest absolute Gasteiger partial charge is 0.254 e. The number of aromatic nitrogens is 2. The van der Waals surface area contributed by atoms with Gasteiger partial charge in [0, 0.05) is 36.3 Å². The predicted molar refractivity (Wildman–Crippen MR) is 103 cm³/mol. The highest BCUT2D eigenvalue weighted by atomic mass is 16.3. The van der Waals surface area contributed by atoms with Crippen LogP contribution < -0.4 is 5.56 Å². The molecule has 2 aromatic carbocycles. The fourth-order valence-corrected chi connectivity index (χ4v) is 3.42. The van der Waals surface area contributed by atoms with Gasteiger partial charge < -0.3 is 15.2 Å². The average molecular weight is 363 g/mol. The lowest BCUT2D eigenvalue weighted by atomic mass is 10.0. The number of aromatic amines is 1. The molecule has 0 unspecified atom stereocenters. The summed E-state index contributed by atoms with van der Waals surface area (Å²) in [6.45, 7) is 3.71. The van der Waals surface area contributed by atoms with Crippen LogP contribution in [0.4, 0.5) is 0 Å². The summed E-state index contributed by atoms with van der Waals surface area (Å²) in [6.07, 6.45) is 0.603. The largest absolute Gasteiger partial charge is 0.508 e. The standard InChI is InChI=1S/C21H21N3O3/c1-13-2-4-14(5-3-13)20-22-18-12-24(9-8-17(18)21(27)23-20)11-15-10-16(25)6-7-19(15)26/h2-7,10,25-26H,8-9,11-12H2,1H3,(H,22,23,27). The highest BCUT2D eigenvalue weighted by Gasteiger charge is 2.22. The number of rotatable bonds is 3. The maximum Gasteiger partial charge on any atom is 0.254 e. The first-order valence-corrected chi connectivity index (χ1v) is 8.92. The van der Waals surface area contributed by atoms with E-state index < -0.39 is 0 Å². The summed E-state index contributed by atoms with van der Waals surface area (Å²) in [5.41, 5.74) is 4.08. The molecule has 0 spiro atoms. The molecule has 1 aromatic heterocycles. The zero-order valence-electron chi connectivity index (χ0n) is 15.1. The van der Waals surface area contributed by atoms with E-state index in [-0.39, 0.29) is 17.1 Å². The molecule has 2 heterocycles. The lowest BCUT2D eigenvalue weighted by molar-refractivity contribution is 0.237. The van der Waals surface area contributed by atoms with Gasteiger partial charge in [0.15, 0.2) is 0 Å². The molecular weight excluding hydrogens is 342 g/mol. The minimum atomic E-state index is -0.0876. The molecule has 3 N–H and O–H groups in total. The summed E-state index contributed by atoms with van der Waals surface area (Å²) in [6, 6.07) is 12.4. The molecule has 138 valence electrons. The average Bonchev–Trinajstić information content (AvgIpc) is 2.65. The summed E-state index contributed by atoms with van der Waals surface area (Å²) in [5, 5.41) is 19.7. The Morgan fingerprint density at radius 2 is 1.93 bits per heavy atom. The van der Waals surface area contributed by atoms with Gasteiger partial charge in [-0.2, -0.15) is 0 Å². The van der Waals surface area contributed by atoms with Crippen molar-refractivity contribution in [2.24, 2.45) is 0 Å². The van der Waals surface area contributed by atoms with Crippen molar-refractivity contribution in [2.45, 2.75) is 26.4 Å². The highest BCUT2D eigenvalue weighted by molar-refractivity contribution is 5.55. The van der Waals surface area contributed by atoms with E-state index >= 15 is 0 Å². The Hall–Kier alpha value is -3.12. The molecule has 0 fully saturated rings. The second-order valence-corrected chi connectivity index (χ2v) is 6.98. The van der Waals surface area contributed by atoms with E-state index in [0.29, 0.717) is 37.4 Å². The van der Waals surface area contributed by atoms with Gasteiger partial charge in [0.25, 0.3) is 5.56 Å². The van der Waals surface area contributed by atoms with Crippen LogP contribution in [0, 0.1) is 6.92 Å². The Balaban J connectivity index is 1.62. The molecule has 27 heavy (non-hydrogen) atoms. The maximum absolute atomic E-state index is 12.5. The summed E-state index contributed by atoms with van der Waals surface area (Å²) >= 11 is 0. The summed E-state index contributed by atoms with van der Waals surface area (Å²) in [4.78, 5) is 22.2. The second-order valence-electron chi connectivity index (χ2n) is 6.98. The Labute approximate surface area is 156 Å². The molecule has 3 aromatic rings. The van der Waals surface area contributed by atoms with Crippen molar-refractivity contribution in [3.63, 3.8) is 0 Å². The number of aromatic hydroxyl groups is 2. The van der Waals surface area contributed by atoms with Crippen LogP contribution in [0.2, 0.25) is 0 Å². The normalized spacial score (nSPS) is 14.1. The fourth-order valence-electron chi connectivity index (χ4n) is 3.42. The van der Waals surface area contributed by atoms with E-state index in [1.54, 1.807) is 6.07 Å². The number of H-pyrrole nitrogens is 1. The molecule has 0 aliphatic carbocycles. The van der Waals surface area contributed by atoms with Crippen molar-refractivity contribution in [1.82, 2.24) is 14.9 Å². The number of hydrogen-bond acceptors (Lipinski definition) is 5. The predicted octanol–water partition coefficient (Wildman–Crippen LogP) is 2.71. The van der Waals surface area contributed by atoms with E-state index in [4.69, 9.17) is 4.98 Å². The third-order valence-corrected chi connectivity index (χ3v) is 4.93. The number of benzene rings is 2. The number of fused-ring (bicyclic) bond motifs is 1. The fraction of sp³-hybridized carbons (Fsp3) is 0.238. The van der Waals surface area contributed by atoms with E-state index in [1.165, 1.54) is 12.1 Å². The zero-order valence-corrected chi connectivity index (χ0v) is 15.1. The van der Waals surface area contributed by atoms with Crippen LogP contribution >= 0.6 is 0 Å². The van der Waals surface area contributed by atoms with Crippen molar-refractivity contribution in [2.75, 3.05) is 6.54 Å². The van der Waals surface area contributed by atoms with Crippen molar-refractivity contribution in [1.29, 1.82) is 0 Å². The molecule has 1 aliphatic heterocycles. The van der Waals surface area contributed by atoms with Gasteiger partial charge in [0.2, 0.25) is 0 Å². The Kier molecular flexibility index (Phi) is 4.41. The second kappa shape index (κ2) is 6.89. The van der Waals surface area contributed by atoms with Crippen molar-refractivity contribution < 1.29 is 10.2 Å². The number of nitrogens with one attached hydrogen (secondary N) is 1. The minimum absolute atomic E-state index is 0.0876. The van der Waals surface area contributed by atoms with Crippen LogP contribution in [-0.4, -0.2) is 31.6 Å². The monoisotopic (exact) mass is 363 g/mol. The first kappa shape index (κ1) is 17.3. The van der Waals surface area contributed by atoms with Crippen LogP contribution in [0.25, 0.3) is 11.4 Å². The van der Waals surface area contributed by atoms with Gasteiger partial charge in [-0.1, -0.05) is 29.8 Å². The quantitative estimate of drug-likeness (QED) is 0.623. The summed E-state index contributed by atoms with van der Waals surface area (Å²) in [5.74, 6) is 0.843. The van der Waals surface area contributed by atoms with Crippen LogP contribution in [0.1, 0.15) is 22.4 Å². The molecule has 6 nitrogen and oxygen atoms in total. The van der Waals surface area contributed by atoms with Crippen molar-refractivity contribution >= 4 is 0 Å². The molecule has 0 atom stereocenters. The van der Waals surface area contributed by atoms with Crippen LogP contribution in [0.15, 0.2) is 47.3 Å². The SMILES string of the molecule is Cc1ccc(-c2nc3c(c(=O)[nH]2)CCN(Cc2cc(O)ccc2O)C3)cc1. The lowest BCUT2D eigenvalue weighted by Crippen LogP contribution is -2.35. The van der Waals surface area contributed by atoms with Gasteiger partial charge in [0.05, 0.1) is 5.69 Å². The number of phenolic OH excluding ortho intramolecular Hbond substituents is 2. The number of aryl methyl sites for hydroxylation is 1. The highest BCUT2D eigenvalue weighted by Crippen LogP contribution is 2.26. The van der Waals surface area contributed by atoms with Gasteiger partial charge >= 0.3 is 0 Å². The first-order valence-electron chi connectivity index (χ1n) is 8.92. The van der Waals surface area contributed by atoms with Gasteiger partial charge in [-0.25, -0.2) is 4.98 Å². The van der Waals surface area contributed by atoms with E-state index in [9.17, 15) is 15.0 Å². The Morgan fingerprint density at radius 1 is 1.15 bits per heavy atom. The third-order valence-electron chi connectivity index (χ3n) is 4.93. The number of hydrogen-bond donors (Lipinski definition) is 3. The third kappa shape index (κ3) is 3.57. The van der Waals surface area contributed by atoms with E-state index in [0.717, 1.165) is 22.4 Å². The molecule has 6 heteroatoms. The van der Waals surface area contributed by atoms with Crippen molar-refractivity contribution in [3.05, 3.63) is 75.2 Å². The number of phenols is 2. The molecule has 1 aliphatic rings. The molecule has 0 saturated heterocycles. The molecule has 4 rings (SSSR count). The molecular formula is C21H21N3O3. The van der Waals surface area contributed by atoms with Crippen LogP contribution in [-0.2, 0) is 19.5 Å². The Morgan fingerprint density at radius 3 is 2.70 bits per heavy atom. The van der Waals surface area contributed by atoms with E-state index in [1.807, 2.05) is 31.2 Å². The summed E-state index contributed by atoms with van der Waals surface area (Å²) in [7, 11) is 0. The number of nitrogens with zero attached hydrogens (tertiary/aromatic N) is 2. The van der Waals surface area contributed by atoms with Crippen LogP contribution in [0.3, 0.4) is 0 Å². The van der Waals surface area contributed by atoms with Crippen molar-refractivity contribution in [3.8, 4) is 22.9 Å². The molecule has 0 amide bonds. The Bertz CT molecular complexity index is 1040. The van der Waals surface area contributed by atoms with Gasteiger partial charge in [-0.05, 0) is 31.5 Å². The van der Waals surface area contributed by atoms with E-state index in [2.05, 4.69) is 9.88 Å². The maximum atomic E-state index is 12.5. The molecule has 0 saturated carbocycles. The van der Waals surface area contributed by atoms with Gasteiger partial charge in [0.1, 0.15) is 17.3 Å². The zero-order chi connectivity index (χ0) is 19.0. The topological polar surface area (TPSA) is 89.5 Å².